The van der Waals surface area contributed by atoms with Gasteiger partial charge in [-0.3, -0.25) is 19.4 Å². The summed E-state index contributed by atoms with van der Waals surface area (Å²) in [5.74, 6) is -0.333. The fraction of sp³-hybridized carbons (Fsp3) is 0.478. The molecule has 0 aliphatic rings. The fourth-order valence-electron chi connectivity index (χ4n) is 3.67. The highest BCUT2D eigenvalue weighted by Crippen LogP contribution is 2.11. The van der Waals surface area contributed by atoms with Crippen LogP contribution in [0.3, 0.4) is 0 Å². The average Bonchev–Trinajstić information content (AvgIpc) is 2.78. The van der Waals surface area contributed by atoms with Gasteiger partial charge < -0.3 is 14.6 Å². The van der Waals surface area contributed by atoms with E-state index < -0.39 is 0 Å². The van der Waals surface area contributed by atoms with Crippen LogP contribution >= 0.6 is 0 Å². The molecule has 1 amide bonds. The Labute approximate surface area is 181 Å². The Morgan fingerprint density at radius 3 is 2.77 bits per heavy atom. The van der Waals surface area contributed by atoms with Gasteiger partial charge in [-0.2, -0.15) is 0 Å². The summed E-state index contributed by atoms with van der Waals surface area (Å²) in [6.45, 7) is 3.66. The number of amides is 1. The Morgan fingerprint density at radius 1 is 1.19 bits per heavy atom. The molecule has 3 rings (SSSR count). The van der Waals surface area contributed by atoms with Gasteiger partial charge in [0.05, 0.1) is 10.9 Å². The number of methoxy groups -OCH3 is 1. The number of pyridine rings is 2. The molecular formula is C23H31N5O3. The van der Waals surface area contributed by atoms with Gasteiger partial charge in [0.15, 0.2) is 0 Å². The topological polar surface area (TPSA) is 101 Å². The molecule has 8 heteroatoms. The molecule has 0 aromatic carbocycles. The van der Waals surface area contributed by atoms with E-state index in [0.717, 1.165) is 19.3 Å². The van der Waals surface area contributed by atoms with Crippen molar-refractivity contribution in [3.63, 3.8) is 0 Å². The van der Waals surface area contributed by atoms with Crippen molar-refractivity contribution in [2.24, 2.45) is 0 Å². The number of aromatic nitrogens is 3. The number of fused-ring (bicyclic) bond motifs is 2. The summed E-state index contributed by atoms with van der Waals surface area (Å²) in [6, 6.07) is 6.83. The molecule has 0 radical (unpaired) electrons. The molecule has 0 unspecified atom stereocenters. The molecular weight excluding hydrogens is 394 g/mol. The highest BCUT2D eigenvalue weighted by Gasteiger charge is 2.17. The average molecular weight is 426 g/mol. The standard InChI is InChI=1S/C23H31N5O3/c1-3-4-5-6-8-12-25-22(29)17-16-18-21(28(20(17)24)14-10-15-31-2)26-19-11-7-9-13-27(19)23(18)30/h7,9,11,13,16,24H,3-6,8,10,12,14-15H2,1-2H3,(H,25,29). The first-order valence-corrected chi connectivity index (χ1v) is 10.9. The molecule has 8 nitrogen and oxygen atoms in total. The summed E-state index contributed by atoms with van der Waals surface area (Å²) < 4.78 is 8.24. The number of hydrogen-bond acceptors (Lipinski definition) is 5. The van der Waals surface area contributed by atoms with Gasteiger partial charge in [0.1, 0.15) is 16.8 Å². The Bertz CT molecular complexity index is 1170. The predicted octanol–water partition coefficient (Wildman–Crippen LogP) is 2.87. The van der Waals surface area contributed by atoms with E-state index in [2.05, 4.69) is 17.2 Å². The van der Waals surface area contributed by atoms with Gasteiger partial charge in [-0.05, 0) is 31.0 Å². The van der Waals surface area contributed by atoms with Crippen molar-refractivity contribution in [1.29, 1.82) is 5.41 Å². The van der Waals surface area contributed by atoms with E-state index in [1.165, 1.54) is 23.3 Å². The van der Waals surface area contributed by atoms with Gasteiger partial charge >= 0.3 is 0 Å². The minimum Gasteiger partial charge on any atom is -0.385 e. The van der Waals surface area contributed by atoms with Crippen molar-refractivity contribution in [3.05, 3.63) is 51.9 Å². The summed E-state index contributed by atoms with van der Waals surface area (Å²) >= 11 is 0. The number of nitrogens with zero attached hydrogens (tertiary/aromatic N) is 3. The summed E-state index contributed by atoms with van der Waals surface area (Å²) in [7, 11) is 1.62. The number of ether oxygens (including phenoxy) is 1. The van der Waals surface area contributed by atoms with E-state index in [9.17, 15) is 9.59 Å². The van der Waals surface area contributed by atoms with Crippen molar-refractivity contribution in [2.75, 3.05) is 20.3 Å². The van der Waals surface area contributed by atoms with E-state index >= 15 is 0 Å². The normalized spacial score (nSPS) is 11.3. The zero-order valence-corrected chi connectivity index (χ0v) is 18.3. The number of aryl methyl sites for hydroxylation is 1. The SMILES string of the molecule is CCCCCCCNC(=O)c1cc2c(=O)n3ccccc3nc2n(CCCOC)c1=N. The van der Waals surface area contributed by atoms with Crippen molar-refractivity contribution >= 4 is 22.6 Å². The first-order valence-electron chi connectivity index (χ1n) is 10.9. The number of rotatable bonds is 11. The molecule has 0 saturated carbocycles. The molecule has 0 saturated heterocycles. The van der Waals surface area contributed by atoms with Crippen molar-refractivity contribution < 1.29 is 9.53 Å². The first-order chi connectivity index (χ1) is 15.1. The largest absolute Gasteiger partial charge is 0.385 e. The number of hydrogen-bond donors (Lipinski definition) is 2. The molecule has 0 fully saturated rings. The van der Waals surface area contributed by atoms with Gasteiger partial charge in [0.25, 0.3) is 11.5 Å². The summed E-state index contributed by atoms with van der Waals surface area (Å²) in [6.07, 6.45) is 7.78. The summed E-state index contributed by atoms with van der Waals surface area (Å²) in [4.78, 5) is 30.6. The molecule has 0 atom stereocenters. The van der Waals surface area contributed by atoms with Crippen molar-refractivity contribution in [1.82, 2.24) is 19.3 Å². The van der Waals surface area contributed by atoms with E-state index in [4.69, 9.17) is 10.1 Å². The Morgan fingerprint density at radius 2 is 2.00 bits per heavy atom. The molecule has 0 aliphatic heterocycles. The molecule has 3 aromatic rings. The lowest BCUT2D eigenvalue weighted by Crippen LogP contribution is -2.35. The Balaban J connectivity index is 1.99. The predicted molar refractivity (Wildman–Crippen MR) is 120 cm³/mol. The maximum Gasteiger partial charge on any atom is 0.267 e. The van der Waals surface area contributed by atoms with Crippen LogP contribution in [0.1, 0.15) is 55.8 Å². The van der Waals surface area contributed by atoms with Gasteiger partial charge in [-0.25, -0.2) is 4.98 Å². The van der Waals surface area contributed by atoms with Crippen LogP contribution in [0, 0.1) is 5.41 Å². The summed E-state index contributed by atoms with van der Waals surface area (Å²) in [5, 5.41) is 11.9. The zero-order valence-electron chi connectivity index (χ0n) is 18.3. The van der Waals surface area contributed by atoms with Crippen LogP contribution in [0.5, 0.6) is 0 Å². The maximum atomic E-state index is 13.1. The molecule has 31 heavy (non-hydrogen) atoms. The highest BCUT2D eigenvalue weighted by atomic mass is 16.5. The van der Waals surface area contributed by atoms with Gasteiger partial charge in [0.2, 0.25) is 0 Å². The van der Waals surface area contributed by atoms with Crippen LogP contribution in [0.25, 0.3) is 16.7 Å². The first kappa shape index (κ1) is 22.7. The van der Waals surface area contributed by atoms with Crippen molar-refractivity contribution in [3.8, 4) is 0 Å². The van der Waals surface area contributed by atoms with E-state index in [0.29, 0.717) is 42.8 Å². The minimum atomic E-state index is -0.333. The van der Waals surface area contributed by atoms with E-state index in [1.807, 2.05) is 6.07 Å². The maximum absolute atomic E-state index is 13.1. The third-order valence-corrected chi connectivity index (χ3v) is 5.36. The van der Waals surface area contributed by atoms with Crippen LogP contribution in [-0.2, 0) is 11.3 Å². The third kappa shape index (κ3) is 5.19. The second-order valence-electron chi connectivity index (χ2n) is 7.66. The zero-order chi connectivity index (χ0) is 22.2. The third-order valence-electron chi connectivity index (χ3n) is 5.36. The van der Waals surface area contributed by atoms with Gasteiger partial charge in [0, 0.05) is 33.0 Å². The molecule has 0 bridgehead atoms. The second-order valence-corrected chi connectivity index (χ2v) is 7.66. The molecule has 0 aliphatic carbocycles. The van der Waals surface area contributed by atoms with Crippen LogP contribution in [0.15, 0.2) is 35.3 Å². The lowest BCUT2D eigenvalue weighted by molar-refractivity contribution is 0.0950. The Kier molecular flexibility index (Phi) is 7.94. The fourth-order valence-corrected chi connectivity index (χ4v) is 3.67. The molecule has 3 heterocycles. The van der Waals surface area contributed by atoms with Crippen LogP contribution in [0.2, 0.25) is 0 Å². The smallest absolute Gasteiger partial charge is 0.267 e. The Hall–Kier alpha value is -3.00. The highest BCUT2D eigenvalue weighted by molar-refractivity contribution is 5.96. The molecule has 166 valence electrons. The lowest BCUT2D eigenvalue weighted by atomic mass is 10.1. The number of carbonyl (C=O) groups is 1. The summed E-state index contributed by atoms with van der Waals surface area (Å²) in [5.41, 5.74) is 0.903. The monoisotopic (exact) mass is 425 g/mol. The number of nitrogens with one attached hydrogen (secondary N) is 2. The van der Waals surface area contributed by atoms with Gasteiger partial charge in [-0.15, -0.1) is 0 Å². The number of unbranched alkanes of at least 4 members (excludes halogenated alkanes) is 4. The van der Waals surface area contributed by atoms with Crippen LogP contribution in [0.4, 0.5) is 0 Å². The van der Waals surface area contributed by atoms with Gasteiger partial charge in [-0.1, -0.05) is 38.7 Å². The molecule has 2 N–H and O–H groups in total. The van der Waals surface area contributed by atoms with Crippen LogP contribution < -0.4 is 16.4 Å². The van der Waals surface area contributed by atoms with Crippen LogP contribution in [-0.4, -0.2) is 40.1 Å². The lowest BCUT2D eigenvalue weighted by Gasteiger charge is -2.14. The van der Waals surface area contributed by atoms with E-state index in [-0.39, 0.29) is 22.5 Å². The quantitative estimate of drug-likeness (QED) is 0.364. The molecule has 0 spiro atoms. The minimum absolute atomic E-state index is 0.0549. The second kappa shape index (κ2) is 10.9. The van der Waals surface area contributed by atoms with E-state index in [1.54, 1.807) is 30.0 Å². The number of carbonyl (C=O) groups excluding carboxylic acids is 1. The molecule has 3 aromatic heterocycles. The van der Waals surface area contributed by atoms with Crippen molar-refractivity contribution in [2.45, 2.75) is 52.0 Å².